The molecule has 2 heterocycles. The van der Waals surface area contributed by atoms with Crippen LogP contribution in [0.4, 0.5) is 0 Å². The quantitative estimate of drug-likeness (QED) is 0.735. The maximum Gasteiger partial charge on any atom is 0.178 e. The van der Waals surface area contributed by atoms with Crippen LogP contribution >= 0.6 is 23.6 Å². The first-order chi connectivity index (χ1) is 9.19. The number of aryl methyl sites for hydroxylation is 1. The van der Waals surface area contributed by atoms with Gasteiger partial charge in [0, 0.05) is 10.9 Å². The van der Waals surface area contributed by atoms with Gasteiger partial charge in [-0.3, -0.25) is 0 Å². The van der Waals surface area contributed by atoms with Gasteiger partial charge in [0.2, 0.25) is 0 Å². The molecule has 0 atom stereocenters. The fourth-order valence-electron chi connectivity index (χ4n) is 2.14. The van der Waals surface area contributed by atoms with Crippen LogP contribution in [0.2, 0.25) is 0 Å². The normalized spacial score (nSPS) is 11.1. The molecule has 1 N–H and O–H groups in total. The molecule has 0 aliphatic rings. The minimum absolute atomic E-state index is 0.746. The van der Waals surface area contributed by atoms with Crippen molar-refractivity contribution < 1.29 is 4.74 Å². The molecule has 19 heavy (non-hydrogen) atoms. The smallest absolute Gasteiger partial charge is 0.178 e. The number of thiophene rings is 1. The third-order valence-electron chi connectivity index (χ3n) is 3.25. The minimum Gasteiger partial charge on any atom is -0.497 e. The van der Waals surface area contributed by atoms with Gasteiger partial charge < -0.3 is 14.3 Å². The molecule has 98 valence electrons. The molecule has 3 aromatic rings. The molecule has 5 heteroatoms. The average Bonchev–Trinajstić information content (AvgIpc) is 2.94. The maximum atomic E-state index is 5.42. The lowest BCUT2D eigenvalue weighted by Crippen LogP contribution is -1.98. The number of imidazole rings is 1. The van der Waals surface area contributed by atoms with E-state index in [9.17, 15) is 0 Å². The number of ether oxygens (including phenoxy) is 1. The van der Waals surface area contributed by atoms with Crippen molar-refractivity contribution in [2.75, 3.05) is 7.11 Å². The molecule has 0 spiro atoms. The van der Waals surface area contributed by atoms with E-state index in [0.717, 1.165) is 28.1 Å². The Morgan fingerprint density at radius 3 is 2.89 bits per heavy atom. The molecule has 2 aromatic heterocycles. The number of hydrogen-bond acceptors (Lipinski definition) is 3. The largest absolute Gasteiger partial charge is 0.497 e. The number of aromatic nitrogens is 2. The van der Waals surface area contributed by atoms with Crippen LogP contribution in [0.15, 0.2) is 29.6 Å². The van der Waals surface area contributed by atoms with Crippen molar-refractivity contribution in [1.82, 2.24) is 9.55 Å². The summed E-state index contributed by atoms with van der Waals surface area (Å²) in [6.45, 7) is 2.95. The molecule has 0 aliphatic carbocycles. The van der Waals surface area contributed by atoms with Gasteiger partial charge in [0.25, 0.3) is 0 Å². The summed E-state index contributed by atoms with van der Waals surface area (Å²) in [6, 6.07) is 8.12. The van der Waals surface area contributed by atoms with E-state index in [1.165, 1.54) is 10.4 Å². The highest BCUT2D eigenvalue weighted by molar-refractivity contribution is 7.71. The highest BCUT2D eigenvalue weighted by Gasteiger charge is 2.08. The second-order valence-corrected chi connectivity index (χ2v) is 5.81. The van der Waals surface area contributed by atoms with Gasteiger partial charge in [0.15, 0.2) is 4.77 Å². The number of fused-ring (bicyclic) bond motifs is 1. The van der Waals surface area contributed by atoms with Crippen molar-refractivity contribution in [3.05, 3.63) is 44.9 Å². The van der Waals surface area contributed by atoms with Crippen LogP contribution in [0, 0.1) is 11.7 Å². The lowest BCUT2D eigenvalue weighted by Gasteiger charge is -2.04. The molecule has 0 amide bonds. The zero-order chi connectivity index (χ0) is 13.4. The summed E-state index contributed by atoms with van der Waals surface area (Å²) < 4.78 is 8.11. The monoisotopic (exact) mass is 290 g/mol. The Morgan fingerprint density at radius 1 is 1.37 bits per heavy atom. The van der Waals surface area contributed by atoms with Crippen molar-refractivity contribution in [2.45, 2.75) is 13.5 Å². The highest BCUT2D eigenvalue weighted by atomic mass is 32.1. The summed E-state index contributed by atoms with van der Waals surface area (Å²) >= 11 is 7.19. The predicted molar refractivity (Wildman–Crippen MR) is 81.8 cm³/mol. The Balaban J connectivity index is 2.11. The van der Waals surface area contributed by atoms with Gasteiger partial charge in [-0.05, 0) is 48.3 Å². The van der Waals surface area contributed by atoms with Crippen molar-refractivity contribution >= 4 is 34.6 Å². The van der Waals surface area contributed by atoms with Crippen LogP contribution in [0.5, 0.6) is 5.75 Å². The molecule has 0 fully saturated rings. The van der Waals surface area contributed by atoms with Crippen molar-refractivity contribution in [2.24, 2.45) is 0 Å². The number of H-pyrrole nitrogens is 1. The van der Waals surface area contributed by atoms with Gasteiger partial charge in [-0.2, -0.15) is 0 Å². The van der Waals surface area contributed by atoms with Crippen molar-refractivity contribution in [3.8, 4) is 5.75 Å². The topological polar surface area (TPSA) is 29.9 Å². The van der Waals surface area contributed by atoms with E-state index >= 15 is 0 Å². The third kappa shape index (κ3) is 2.19. The van der Waals surface area contributed by atoms with Gasteiger partial charge in [-0.25, -0.2) is 0 Å². The van der Waals surface area contributed by atoms with E-state index in [4.69, 9.17) is 17.0 Å². The standard InChI is InChI=1S/C14H14N2OS2/c1-9-5-6-19-13(9)8-16-12-4-3-10(17-2)7-11(12)15-14(16)18/h3-7H,8H2,1-2H3,(H,15,18). The van der Waals surface area contributed by atoms with E-state index in [1.54, 1.807) is 18.4 Å². The maximum absolute atomic E-state index is 5.42. The Labute approximate surface area is 120 Å². The second-order valence-electron chi connectivity index (χ2n) is 4.43. The first-order valence-electron chi connectivity index (χ1n) is 5.98. The van der Waals surface area contributed by atoms with Gasteiger partial charge in [-0.1, -0.05) is 0 Å². The highest BCUT2D eigenvalue weighted by Crippen LogP contribution is 2.23. The SMILES string of the molecule is COc1ccc2c(c1)[nH]c(=S)n2Cc1sccc1C. The predicted octanol–water partition coefficient (Wildman–Crippen LogP) is 4.13. The van der Waals surface area contributed by atoms with E-state index in [-0.39, 0.29) is 0 Å². The first kappa shape index (κ1) is 12.4. The van der Waals surface area contributed by atoms with Crippen molar-refractivity contribution in [1.29, 1.82) is 0 Å². The van der Waals surface area contributed by atoms with Gasteiger partial charge in [0.05, 0.1) is 24.7 Å². The Hall–Kier alpha value is -1.59. The molecule has 1 aromatic carbocycles. The zero-order valence-corrected chi connectivity index (χ0v) is 12.4. The number of rotatable bonds is 3. The molecule has 3 rings (SSSR count). The second kappa shape index (κ2) is 4.83. The number of nitrogens with zero attached hydrogens (tertiary/aromatic N) is 1. The molecule has 0 bridgehead atoms. The number of methoxy groups -OCH3 is 1. The fourth-order valence-corrected chi connectivity index (χ4v) is 3.30. The Kier molecular flexibility index (Phi) is 3.16. The molecule has 0 aliphatic heterocycles. The van der Waals surface area contributed by atoms with Gasteiger partial charge >= 0.3 is 0 Å². The van der Waals surface area contributed by atoms with Gasteiger partial charge in [0.1, 0.15) is 5.75 Å². The Bertz CT molecular complexity index is 782. The molecule has 0 radical (unpaired) electrons. The van der Waals surface area contributed by atoms with E-state index in [2.05, 4.69) is 27.9 Å². The molecular weight excluding hydrogens is 276 g/mol. The fraction of sp³-hybridized carbons (Fsp3) is 0.214. The summed E-state index contributed by atoms with van der Waals surface area (Å²) in [6.07, 6.45) is 0. The van der Waals surface area contributed by atoms with E-state index in [0.29, 0.717) is 0 Å². The minimum atomic E-state index is 0.746. The summed E-state index contributed by atoms with van der Waals surface area (Å²) in [5.74, 6) is 0.836. The average molecular weight is 290 g/mol. The molecular formula is C14H14N2OS2. The van der Waals surface area contributed by atoms with Crippen LogP contribution in [-0.2, 0) is 6.54 Å². The Morgan fingerprint density at radius 2 is 2.21 bits per heavy atom. The number of benzene rings is 1. The number of hydrogen-bond donors (Lipinski definition) is 1. The number of nitrogens with one attached hydrogen (secondary N) is 1. The summed E-state index contributed by atoms with van der Waals surface area (Å²) in [7, 11) is 1.67. The molecule has 0 saturated carbocycles. The number of aromatic amines is 1. The van der Waals surface area contributed by atoms with E-state index < -0.39 is 0 Å². The molecule has 0 unspecified atom stereocenters. The first-order valence-corrected chi connectivity index (χ1v) is 7.27. The van der Waals surface area contributed by atoms with Crippen LogP contribution in [0.1, 0.15) is 10.4 Å². The summed E-state index contributed by atoms with van der Waals surface area (Å²) in [5.41, 5.74) is 3.44. The summed E-state index contributed by atoms with van der Waals surface area (Å²) in [4.78, 5) is 4.58. The zero-order valence-electron chi connectivity index (χ0n) is 10.8. The van der Waals surface area contributed by atoms with Crippen LogP contribution in [0.25, 0.3) is 11.0 Å². The summed E-state index contributed by atoms with van der Waals surface area (Å²) in [5, 5.41) is 2.12. The van der Waals surface area contributed by atoms with Gasteiger partial charge in [-0.15, -0.1) is 11.3 Å². The van der Waals surface area contributed by atoms with E-state index in [1.807, 2.05) is 18.2 Å². The molecule has 3 nitrogen and oxygen atoms in total. The lowest BCUT2D eigenvalue weighted by atomic mass is 10.2. The van der Waals surface area contributed by atoms with Crippen LogP contribution in [0.3, 0.4) is 0 Å². The lowest BCUT2D eigenvalue weighted by molar-refractivity contribution is 0.415. The third-order valence-corrected chi connectivity index (χ3v) is 4.58. The van der Waals surface area contributed by atoms with Crippen LogP contribution in [-0.4, -0.2) is 16.7 Å². The van der Waals surface area contributed by atoms with Crippen molar-refractivity contribution in [3.63, 3.8) is 0 Å². The van der Waals surface area contributed by atoms with Crippen LogP contribution < -0.4 is 4.74 Å². The molecule has 0 saturated heterocycles.